The summed E-state index contributed by atoms with van der Waals surface area (Å²) in [6, 6.07) is 5.92. The van der Waals surface area contributed by atoms with Gasteiger partial charge in [-0.2, -0.15) is 0 Å². The van der Waals surface area contributed by atoms with E-state index in [9.17, 15) is 9.59 Å². The number of benzene rings is 1. The number of aliphatic hydroxyl groups excluding tert-OH is 1. The van der Waals surface area contributed by atoms with Gasteiger partial charge in [0.15, 0.2) is 0 Å². The van der Waals surface area contributed by atoms with Gasteiger partial charge in [-0.25, -0.2) is 0 Å². The molecule has 0 spiro atoms. The molecule has 0 saturated carbocycles. The van der Waals surface area contributed by atoms with E-state index in [0.717, 1.165) is 16.8 Å². The topological polar surface area (TPSA) is 78.4 Å². The van der Waals surface area contributed by atoms with E-state index in [0.29, 0.717) is 0 Å². The summed E-state index contributed by atoms with van der Waals surface area (Å²) < 4.78 is 0. The van der Waals surface area contributed by atoms with Gasteiger partial charge in [0.25, 0.3) is 0 Å². The van der Waals surface area contributed by atoms with E-state index in [2.05, 4.69) is 38.3 Å². The van der Waals surface area contributed by atoms with Crippen LogP contribution in [0.5, 0.6) is 0 Å². The highest BCUT2D eigenvalue weighted by molar-refractivity contribution is 6.39. The Morgan fingerprint density at radius 3 is 1.96 bits per heavy atom. The second-order valence-electron chi connectivity index (χ2n) is 6.57. The molecule has 23 heavy (non-hydrogen) atoms. The molecule has 5 nitrogen and oxygen atoms in total. The summed E-state index contributed by atoms with van der Waals surface area (Å²) in [5.74, 6) is -0.965. The highest BCUT2D eigenvalue weighted by atomic mass is 16.3. The molecule has 1 atom stereocenters. The number of rotatable bonds is 6. The molecule has 1 aromatic carbocycles. The van der Waals surface area contributed by atoms with Gasteiger partial charge < -0.3 is 15.7 Å². The van der Waals surface area contributed by atoms with E-state index in [1.807, 2.05) is 18.2 Å². The minimum atomic E-state index is -0.682. The fraction of sp³-hybridized carbons (Fsp3) is 0.556. The van der Waals surface area contributed by atoms with Gasteiger partial charge in [-0.1, -0.05) is 52.8 Å². The summed E-state index contributed by atoms with van der Waals surface area (Å²) in [5.41, 5.74) is 2.76. The van der Waals surface area contributed by atoms with Crippen molar-refractivity contribution in [3.63, 3.8) is 0 Å². The molecule has 0 heterocycles. The van der Waals surface area contributed by atoms with Crippen LogP contribution in [-0.4, -0.2) is 30.1 Å². The first-order valence-electron chi connectivity index (χ1n) is 8.10. The largest absolute Gasteiger partial charge is 0.396 e. The lowest BCUT2D eigenvalue weighted by Gasteiger charge is -2.20. The molecule has 2 amide bonds. The second kappa shape index (κ2) is 8.67. The molecule has 0 bridgehead atoms. The second-order valence-corrected chi connectivity index (χ2v) is 6.57. The standard InChI is InChI=1S/C18H28N2O3/c1-11(2)14-7-6-8-15(12(3)4)16(14)20-18(23)17(22)19-9-13(5)10-21/h6-8,11-13,21H,9-10H2,1-5H3,(H,19,22)(H,20,23). The van der Waals surface area contributed by atoms with Crippen LogP contribution in [0.4, 0.5) is 5.69 Å². The Morgan fingerprint density at radius 1 is 1.00 bits per heavy atom. The Kier molecular flexibility index (Phi) is 7.23. The average molecular weight is 320 g/mol. The van der Waals surface area contributed by atoms with Gasteiger partial charge >= 0.3 is 11.8 Å². The maximum atomic E-state index is 12.2. The van der Waals surface area contributed by atoms with Gasteiger partial charge in [-0.15, -0.1) is 0 Å². The molecule has 1 rings (SSSR count). The summed E-state index contributed by atoms with van der Waals surface area (Å²) in [6.45, 7) is 10.2. The lowest BCUT2D eigenvalue weighted by molar-refractivity contribution is -0.136. The molecule has 0 fully saturated rings. The molecular weight excluding hydrogens is 292 g/mol. The van der Waals surface area contributed by atoms with E-state index in [1.54, 1.807) is 6.92 Å². The monoisotopic (exact) mass is 320 g/mol. The van der Waals surface area contributed by atoms with Crippen LogP contribution in [-0.2, 0) is 9.59 Å². The van der Waals surface area contributed by atoms with Gasteiger partial charge in [-0.3, -0.25) is 9.59 Å². The number of carbonyl (C=O) groups excluding carboxylic acids is 2. The average Bonchev–Trinajstić information content (AvgIpc) is 2.51. The third-order valence-corrected chi connectivity index (χ3v) is 3.74. The van der Waals surface area contributed by atoms with Crippen LogP contribution < -0.4 is 10.6 Å². The van der Waals surface area contributed by atoms with Crippen LogP contribution in [0, 0.1) is 5.92 Å². The van der Waals surface area contributed by atoms with Crippen LogP contribution in [0.15, 0.2) is 18.2 Å². The van der Waals surface area contributed by atoms with Crippen molar-refractivity contribution in [1.29, 1.82) is 0 Å². The first-order chi connectivity index (χ1) is 10.8. The molecule has 0 aliphatic rings. The van der Waals surface area contributed by atoms with Crippen LogP contribution in [0.2, 0.25) is 0 Å². The van der Waals surface area contributed by atoms with Crippen LogP contribution in [0.25, 0.3) is 0 Å². The summed E-state index contributed by atoms with van der Waals surface area (Å²) in [7, 11) is 0. The van der Waals surface area contributed by atoms with Crippen molar-refractivity contribution in [3.05, 3.63) is 29.3 Å². The van der Waals surface area contributed by atoms with Crippen LogP contribution >= 0.6 is 0 Å². The predicted molar refractivity (Wildman–Crippen MR) is 92.5 cm³/mol. The normalized spacial score (nSPS) is 12.3. The summed E-state index contributed by atoms with van der Waals surface area (Å²) in [4.78, 5) is 24.1. The Bertz CT molecular complexity index is 527. The summed E-state index contributed by atoms with van der Waals surface area (Å²) in [6.07, 6.45) is 0. The Balaban J connectivity index is 2.94. The molecular formula is C18H28N2O3. The highest BCUT2D eigenvalue weighted by Gasteiger charge is 2.20. The molecule has 5 heteroatoms. The fourth-order valence-electron chi connectivity index (χ4n) is 2.28. The molecule has 1 unspecified atom stereocenters. The molecule has 0 aromatic heterocycles. The molecule has 0 radical (unpaired) electrons. The first kappa shape index (κ1) is 19.2. The fourth-order valence-corrected chi connectivity index (χ4v) is 2.28. The van der Waals surface area contributed by atoms with Gasteiger partial charge in [-0.05, 0) is 28.9 Å². The van der Waals surface area contributed by atoms with Crippen LogP contribution in [0.3, 0.4) is 0 Å². The number of para-hydroxylation sites is 1. The number of nitrogens with one attached hydrogen (secondary N) is 2. The zero-order chi connectivity index (χ0) is 17.6. The minimum Gasteiger partial charge on any atom is -0.396 e. The highest BCUT2D eigenvalue weighted by Crippen LogP contribution is 2.32. The molecule has 0 saturated heterocycles. The lowest BCUT2D eigenvalue weighted by Crippen LogP contribution is -2.38. The van der Waals surface area contributed by atoms with Crippen molar-refractivity contribution >= 4 is 17.5 Å². The van der Waals surface area contributed by atoms with E-state index in [1.165, 1.54) is 0 Å². The van der Waals surface area contributed by atoms with Gasteiger partial charge in [0, 0.05) is 18.8 Å². The Labute approximate surface area is 138 Å². The zero-order valence-corrected chi connectivity index (χ0v) is 14.6. The maximum Gasteiger partial charge on any atom is 0.313 e. The summed E-state index contributed by atoms with van der Waals surface area (Å²) in [5, 5.41) is 14.3. The first-order valence-corrected chi connectivity index (χ1v) is 8.10. The molecule has 128 valence electrons. The third kappa shape index (κ3) is 5.36. The quantitative estimate of drug-likeness (QED) is 0.705. The third-order valence-electron chi connectivity index (χ3n) is 3.74. The lowest BCUT2D eigenvalue weighted by atomic mass is 9.92. The summed E-state index contributed by atoms with van der Waals surface area (Å²) >= 11 is 0. The predicted octanol–water partition coefficient (Wildman–Crippen LogP) is 2.62. The van der Waals surface area contributed by atoms with E-state index >= 15 is 0 Å². The number of amides is 2. The van der Waals surface area contributed by atoms with E-state index in [-0.39, 0.29) is 30.9 Å². The van der Waals surface area contributed by atoms with Crippen molar-refractivity contribution in [1.82, 2.24) is 5.32 Å². The number of hydrogen-bond acceptors (Lipinski definition) is 3. The van der Waals surface area contributed by atoms with Gasteiger partial charge in [0.1, 0.15) is 0 Å². The SMILES string of the molecule is CC(CO)CNC(=O)C(=O)Nc1c(C(C)C)cccc1C(C)C. The Hall–Kier alpha value is -1.88. The van der Waals surface area contributed by atoms with Crippen LogP contribution in [0.1, 0.15) is 57.6 Å². The van der Waals surface area contributed by atoms with Crippen molar-refractivity contribution in [3.8, 4) is 0 Å². The van der Waals surface area contributed by atoms with Gasteiger partial charge in [0.05, 0.1) is 0 Å². The maximum absolute atomic E-state index is 12.2. The molecule has 1 aromatic rings. The molecule has 0 aliphatic heterocycles. The van der Waals surface area contributed by atoms with E-state index in [4.69, 9.17) is 5.11 Å². The number of hydrogen-bond donors (Lipinski definition) is 3. The Morgan fingerprint density at radius 2 is 1.52 bits per heavy atom. The molecule has 3 N–H and O–H groups in total. The minimum absolute atomic E-state index is 0.0322. The van der Waals surface area contributed by atoms with Gasteiger partial charge in [0.2, 0.25) is 0 Å². The zero-order valence-electron chi connectivity index (χ0n) is 14.6. The molecule has 0 aliphatic carbocycles. The smallest absolute Gasteiger partial charge is 0.313 e. The number of carbonyl (C=O) groups is 2. The van der Waals surface area contributed by atoms with Crippen molar-refractivity contribution in [2.24, 2.45) is 5.92 Å². The number of aliphatic hydroxyl groups is 1. The van der Waals surface area contributed by atoms with Crippen molar-refractivity contribution in [2.45, 2.75) is 46.5 Å². The van der Waals surface area contributed by atoms with Crippen molar-refractivity contribution < 1.29 is 14.7 Å². The van der Waals surface area contributed by atoms with Crippen molar-refractivity contribution in [2.75, 3.05) is 18.5 Å². The van der Waals surface area contributed by atoms with E-state index < -0.39 is 11.8 Å². The number of anilines is 1.